The van der Waals surface area contributed by atoms with Gasteiger partial charge in [-0.25, -0.2) is 0 Å². The van der Waals surface area contributed by atoms with Crippen LogP contribution in [0.4, 0.5) is 0 Å². The Morgan fingerprint density at radius 2 is 1.61 bits per heavy atom. The second kappa shape index (κ2) is 6.85. The van der Waals surface area contributed by atoms with Gasteiger partial charge in [-0.3, -0.25) is 4.90 Å². The number of ether oxygens (including phenoxy) is 2. The molecule has 0 amide bonds. The number of hydrogen-bond acceptors (Lipinski definition) is 4. The lowest BCUT2D eigenvalue weighted by atomic mass is 9.85. The zero-order valence-electron chi connectivity index (χ0n) is 11.7. The number of likely N-dealkylation sites (tertiary alicyclic amines) is 1. The molecule has 1 saturated carbocycles. The van der Waals surface area contributed by atoms with Gasteiger partial charge in [0.25, 0.3) is 0 Å². The minimum absolute atomic E-state index is 0.147. The summed E-state index contributed by atoms with van der Waals surface area (Å²) in [5.41, 5.74) is 0. The predicted molar refractivity (Wildman–Crippen MR) is 70.6 cm³/mol. The summed E-state index contributed by atoms with van der Waals surface area (Å²) >= 11 is 0. The lowest BCUT2D eigenvalue weighted by Gasteiger charge is -2.29. The van der Waals surface area contributed by atoms with Crippen molar-refractivity contribution >= 4 is 0 Å². The van der Waals surface area contributed by atoms with Crippen molar-refractivity contribution in [3.63, 3.8) is 0 Å². The van der Waals surface area contributed by atoms with Crippen LogP contribution < -0.4 is 0 Å². The molecule has 2 rings (SSSR count). The number of β-amino-alcohol motifs (C(OH)–C–C–N with tert-alkyl or cyclic N) is 1. The third kappa shape index (κ3) is 3.44. The first-order valence-corrected chi connectivity index (χ1v) is 7.20. The molecule has 1 N–H and O–H groups in total. The van der Waals surface area contributed by atoms with Crippen molar-refractivity contribution in [2.45, 2.75) is 50.4 Å². The van der Waals surface area contributed by atoms with Crippen LogP contribution in [-0.2, 0) is 9.47 Å². The van der Waals surface area contributed by atoms with Crippen LogP contribution in [0.3, 0.4) is 0 Å². The number of rotatable bonds is 5. The van der Waals surface area contributed by atoms with E-state index in [0.717, 1.165) is 19.6 Å². The summed E-state index contributed by atoms with van der Waals surface area (Å²) in [6, 6.07) is 0. The molecule has 1 heterocycles. The van der Waals surface area contributed by atoms with Crippen LogP contribution in [0, 0.1) is 5.92 Å². The van der Waals surface area contributed by atoms with Crippen molar-refractivity contribution in [2.24, 2.45) is 5.92 Å². The molecule has 2 aliphatic rings. The highest BCUT2D eigenvalue weighted by atomic mass is 16.5. The van der Waals surface area contributed by atoms with Crippen molar-refractivity contribution in [1.29, 1.82) is 0 Å². The third-order valence-electron chi connectivity index (χ3n) is 4.54. The molecule has 1 aliphatic carbocycles. The second-order valence-corrected chi connectivity index (χ2v) is 5.73. The lowest BCUT2D eigenvalue weighted by molar-refractivity contribution is -0.00461. The topological polar surface area (TPSA) is 41.9 Å². The van der Waals surface area contributed by atoms with Crippen LogP contribution in [0.5, 0.6) is 0 Å². The van der Waals surface area contributed by atoms with Crippen molar-refractivity contribution in [2.75, 3.05) is 33.9 Å². The maximum atomic E-state index is 10.3. The Morgan fingerprint density at radius 3 is 2.11 bits per heavy atom. The number of nitrogens with zero attached hydrogens (tertiary/aromatic N) is 1. The minimum Gasteiger partial charge on any atom is -0.392 e. The van der Waals surface area contributed by atoms with Gasteiger partial charge in [0.05, 0.1) is 18.3 Å². The average molecular weight is 257 g/mol. The van der Waals surface area contributed by atoms with Gasteiger partial charge in [0, 0.05) is 33.9 Å². The largest absolute Gasteiger partial charge is 0.392 e. The molecule has 2 fully saturated rings. The van der Waals surface area contributed by atoms with E-state index in [1.165, 1.54) is 32.1 Å². The Kier molecular flexibility index (Phi) is 5.42. The van der Waals surface area contributed by atoms with Gasteiger partial charge in [-0.05, 0) is 18.8 Å². The van der Waals surface area contributed by atoms with E-state index in [9.17, 15) is 5.11 Å². The molecular weight excluding hydrogens is 230 g/mol. The summed E-state index contributed by atoms with van der Waals surface area (Å²) in [6.45, 7) is 2.52. The lowest BCUT2D eigenvalue weighted by Crippen LogP contribution is -2.36. The van der Waals surface area contributed by atoms with E-state index < -0.39 is 0 Å². The molecular formula is C14H27NO3. The Labute approximate surface area is 110 Å². The van der Waals surface area contributed by atoms with E-state index in [1.807, 2.05) is 0 Å². The van der Waals surface area contributed by atoms with Gasteiger partial charge in [-0.2, -0.15) is 0 Å². The molecule has 0 radical (unpaired) electrons. The zero-order chi connectivity index (χ0) is 13.0. The van der Waals surface area contributed by atoms with Crippen molar-refractivity contribution in [3.8, 4) is 0 Å². The summed E-state index contributed by atoms with van der Waals surface area (Å²) < 4.78 is 10.8. The van der Waals surface area contributed by atoms with Crippen LogP contribution in [-0.4, -0.2) is 62.2 Å². The molecule has 0 aromatic heterocycles. The number of hydrogen-bond donors (Lipinski definition) is 1. The first-order chi connectivity index (χ1) is 8.74. The number of aliphatic hydroxyl groups excluding tert-OH is 1. The highest BCUT2D eigenvalue weighted by molar-refractivity contribution is 4.88. The van der Waals surface area contributed by atoms with Crippen LogP contribution in [0.25, 0.3) is 0 Å². The molecule has 3 atom stereocenters. The molecule has 4 heteroatoms. The average Bonchev–Trinajstić information content (AvgIpc) is 2.81. The summed E-state index contributed by atoms with van der Waals surface area (Å²) in [7, 11) is 3.47. The van der Waals surface area contributed by atoms with Gasteiger partial charge in [0.15, 0.2) is 0 Å². The van der Waals surface area contributed by atoms with E-state index in [0.29, 0.717) is 5.92 Å². The molecule has 0 bridgehead atoms. The van der Waals surface area contributed by atoms with E-state index >= 15 is 0 Å². The second-order valence-electron chi connectivity index (χ2n) is 5.73. The normalized spacial score (nSPS) is 32.8. The third-order valence-corrected chi connectivity index (χ3v) is 4.54. The van der Waals surface area contributed by atoms with Crippen LogP contribution in [0.2, 0.25) is 0 Å². The fraction of sp³-hybridized carbons (Fsp3) is 1.00. The first-order valence-electron chi connectivity index (χ1n) is 7.20. The molecule has 0 spiro atoms. The molecule has 3 unspecified atom stereocenters. The van der Waals surface area contributed by atoms with E-state index in [2.05, 4.69) is 4.90 Å². The van der Waals surface area contributed by atoms with Gasteiger partial charge in [-0.15, -0.1) is 0 Å². The van der Waals surface area contributed by atoms with E-state index in [1.54, 1.807) is 14.2 Å². The summed E-state index contributed by atoms with van der Waals surface area (Å²) in [5.74, 6) is 0.501. The molecule has 4 nitrogen and oxygen atoms in total. The van der Waals surface area contributed by atoms with Gasteiger partial charge >= 0.3 is 0 Å². The van der Waals surface area contributed by atoms with Crippen LogP contribution in [0.15, 0.2) is 0 Å². The molecule has 1 aliphatic heterocycles. The van der Waals surface area contributed by atoms with Gasteiger partial charge < -0.3 is 14.6 Å². The summed E-state index contributed by atoms with van der Waals surface area (Å²) in [4.78, 5) is 2.28. The molecule has 0 aromatic carbocycles. The van der Waals surface area contributed by atoms with Crippen molar-refractivity contribution in [3.05, 3.63) is 0 Å². The van der Waals surface area contributed by atoms with Crippen molar-refractivity contribution in [1.82, 2.24) is 4.90 Å². The van der Waals surface area contributed by atoms with Crippen LogP contribution in [0.1, 0.15) is 32.1 Å². The van der Waals surface area contributed by atoms with Crippen LogP contribution >= 0.6 is 0 Å². The molecule has 18 heavy (non-hydrogen) atoms. The Morgan fingerprint density at radius 1 is 1.06 bits per heavy atom. The highest BCUT2D eigenvalue weighted by Gasteiger charge is 2.34. The predicted octanol–water partition coefficient (Wildman–Crippen LogP) is 1.27. The zero-order valence-corrected chi connectivity index (χ0v) is 11.7. The summed E-state index contributed by atoms with van der Waals surface area (Å²) in [5, 5.41) is 10.3. The molecule has 1 saturated heterocycles. The summed E-state index contributed by atoms with van der Waals surface area (Å²) in [6.07, 6.45) is 6.39. The van der Waals surface area contributed by atoms with Gasteiger partial charge in [0.1, 0.15) is 0 Å². The van der Waals surface area contributed by atoms with Gasteiger partial charge in [-0.1, -0.05) is 19.3 Å². The maximum Gasteiger partial charge on any atom is 0.0971 e. The minimum atomic E-state index is -0.182. The van der Waals surface area contributed by atoms with E-state index in [4.69, 9.17) is 9.47 Å². The number of aliphatic hydroxyl groups is 1. The van der Waals surface area contributed by atoms with E-state index in [-0.39, 0.29) is 18.3 Å². The SMILES string of the molecule is COC1CN(CC(O)C2CCCCC2)CC1OC. The monoisotopic (exact) mass is 257 g/mol. The molecule has 106 valence electrons. The highest BCUT2D eigenvalue weighted by Crippen LogP contribution is 2.27. The molecule has 0 aromatic rings. The first kappa shape index (κ1) is 14.3. The van der Waals surface area contributed by atoms with Gasteiger partial charge in [0.2, 0.25) is 0 Å². The Hall–Kier alpha value is -0.160. The van der Waals surface area contributed by atoms with Crippen molar-refractivity contribution < 1.29 is 14.6 Å². The Balaban J connectivity index is 1.79. The fourth-order valence-corrected chi connectivity index (χ4v) is 3.35. The number of methoxy groups -OCH3 is 2. The standard InChI is InChI=1S/C14H27NO3/c1-17-13-9-15(10-14(13)18-2)8-12(16)11-6-4-3-5-7-11/h11-14,16H,3-10H2,1-2H3. The fourth-order valence-electron chi connectivity index (χ4n) is 3.35. The smallest absolute Gasteiger partial charge is 0.0971 e. The maximum absolute atomic E-state index is 10.3. The Bertz CT molecular complexity index is 231. The quantitative estimate of drug-likeness (QED) is 0.805.